The first kappa shape index (κ1) is 17.9. The van der Waals surface area contributed by atoms with Gasteiger partial charge in [-0.2, -0.15) is 0 Å². The zero-order valence-electron chi connectivity index (χ0n) is 13.6. The highest BCUT2D eigenvalue weighted by molar-refractivity contribution is 6.30. The molecule has 0 saturated heterocycles. The van der Waals surface area contributed by atoms with Crippen LogP contribution in [-0.4, -0.2) is 20.4 Å². The molecule has 0 atom stereocenters. The van der Waals surface area contributed by atoms with Crippen molar-refractivity contribution in [3.63, 3.8) is 0 Å². The Morgan fingerprint density at radius 1 is 1.17 bits per heavy atom. The predicted molar refractivity (Wildman–Crippen MR) is 94.0 cm³/mol. The van der Waals surface area contributed by atoms with Gasteiger partial charge in [-0.05, 0) is 38.5 Å². The summed E-state index contributed by atoms with van der Waals surface area (Å²) in [6, 6.07) is 7.19. The second-order valence-electron chi connectivity index (χ2n) is 6.16. The van der Waals surface area contributed by atoms with E-state index in [0.29, 0.717) is 11.6 Å². The van der Waals surface area contributed by atoms with Gasteiger partial charge in [0, 0.05) is 17.1 Å². The molecule has 1 aromatic carbocycles. The van der Waals surface area contributed by atoms with Gasteiger partial charge in [-0.1, -0.05) is 23.7 Å². The van der Waals surface area contributed by atoms with E-state index in [1.807, 2.05) is 32.9 Å². The van der Waals surface area contributed by atoms with Crippen LogP contribution < -0.4 is 16.2 Å². The summed E-state index contributed by atoms with van der Waals surface area (Å²) in [4.78, 5) is 18.8. The smallest absolute Gasteiger partial charge is 0.354 e. The summed E-state index contributed by atoms with van der Waals surface area (Å²) in [6.07, 6.45) is 1.27. The Morgan fingerprint density at radius 2 is 1.79 bits per heavy atom. The van der Waals surface area contributed by atoms with Crippen LogP contribution in [0.1, 0.15) is 26.3 Å². The maximum Gasteiger partial charge on any atom is 0.354 e. The van der Waals surface area contributed by atoms with Crippen molar-refractivity contribution in [2.45, 2.75) is 32.9 Å². The summed E-state index contributed by atoms with van der Waals surface area (Å²) in [5, 5.41) is 15.0. The SMILES string of the molecule is CC(C)(C)NNc1ncnc(NCc2ccc(Cl)cc2)c1[N+](=O)[O-]. The number of rotatable bonds is 6. The minimum absolute atomic E-state index is 0.100. The Labute approximate surface area is 144 Å². The summed E-state index contributed by atoms with van der Waals surface area (Å²) in [5.74, 6) is 0.242. The summed E-state index contributed by atoms with van der Waals surface area (Å²) in [6.45, 7) is 6.15. The summed E-state index contributed by atoms with van der Waals surface area (Å²) < 4.78 is 0. The van der Waals surface area contributed by atoms with Crippen molar-refractivity contribution in [2.75, 3.05) is 10.7 Å². The predicted octanol–water partition coefficient (Wildman–Crippen LogP) is 3.37. The molecular weight excluding hydrogens is 332 g/mol. The number of benzene rings is 1. The largest absolute Gasteiger partial charge is 0.360 e. The van der Waals surface area contributed by atoms with Crippen molar-refractivity contribution < 1.29 is 4.92 Å². The molecule has 2 aromatic rings. The molecule has 1 heterocycles. The van der Waals surface area contributed by atoms with E-state index in [2.05, 4.69) is 26.1 Å². The van der Waals surface area contributed by atoms with E-state index in [1.54, 1.807) is 12.1 Å². The van der Waals surface area contributed by atoms with Crippen molar-refractivity contribution in [1.29, 1.82) is 0 Å². The number of halogens is 1. The Hall–Kier alpha value is -2.45. The van der Waals surface area contributed by atoms with E-state index in [1.165, 1.54) is 6.33 Å². The van der Waals surface area contributed by atoms with Crippen LogP contribution in [0.25, 0.3) is 0 Å². The molecular formula is C15H19ClN6O2. The number of hydrazine groups is 1. The van der Waals surface area contributed by atoms with Gasteiger partial charge in [0.25, 0.3) is 0 Å². The van der Waals surface area contributed by atoms with Crippen LogP contribution in [-0.2, 0) is 6.54 Å². The number of nitrogens with one attached hydrogen (secondary N) is 3. The molecule has 0 aliphatic carbocycles. The molecule has 24 heavy (non-hydrogen) atoms. The third-order valence-corrected chi connectivity index (χ3v) is 3.19. The molecule has 9 heteroatoms. The summed E-state index contributed by atoms with van der Waals surface area (Å²) in [7, 11) is 0. The highest BCUT2D eigenvalue weighted by Gasteiger charge is 2.23. The Balaban J connectivity index is 2.19. The molecule has 0 bridgehead atoms. The van der Waals surface area contributed by atoms with Gasteiger partial charge in [0.15, 0.2) is 0 Å². The van der Waals surface area contributed by atoms with Crippen molar-refractivity contribution in [1.82, 2.24) is 15.4 Å². The monoisotopic (exact) mass is 350 g/mol. The van der Waals surface area contributed by atoms with Crippen LogP contribution in [0, 0.1) is 10.1 Å². The molecule has 3 N–H and O–H groups in total. The molecule has 8 nitrogen and oxygen atoms in total. The third-order valence-electron chi connectivity index (χ3n) is 2.93. The molecule has 1 aromatic heterocycles. The minimum Gasteiger partial charge on any atom is -0.360 e. The van der Waals surface area contributed by atoms with Crippen LogP contribution in [0.5, 0.6) is 0 Å². The van der Waals surface area contributed by atoms with Gasteiger partial charge in [0.2, 0.25) is 11.6 Å². The normalized spacial score (nSPS) is 11.2. The molecule has 0 unspecified atom stereocenters. The molecule has 0 fully saturated rings. The first-order valence-corrected chi connectivity index (χ1v) is 7.65. The van der Waals surface area contributed by atoms with Gasteiger partial charge in [-0.25, -0.2) is 15.4 Å². The number of nitrogens with zero attached hydrogens (tertiary/aromatic N) is 3. The minimum atomic E-state index is -0.517. The van der Waals surface area contributed by atoms with E-state index in [4.69, 9.17) is 11.6 Å². The fraction of sp³-hybridized carbons (Fsp3) is 0.333. The van der Waals surface area contributed by atoms with Crippen LogP contribution in [0.3, 0.4) is 0 Å². The number of hydrogen-bond acceptors (Lipinski definition) is 7. The second kappa shape index (κ2) is 7.41. The summed E-state index contributed by atoms with van der Waals surface area (Å²) >= 11 is 5.84. The molecule has 0 amide bonds. The molecule has 0 aliphatic rings. The lowest BCUT2D eigenvalue weighted by Crippen LogP contribution is -2.40. The van der Waals surface area contributed by atoms with Gasteiger partial charge in [0.05, 0.1) is 4.92 Å². The number of aromatic nitrogens is 2. The zero-order valence-corrected chi connectivity index (χ0v) is 14.4. The standard InChI is InChI=1S/C15H19ClN6O2/c1-15(2,3)21-20-14-12(22(23)24)13(18-9-19-14)17-8-10-4-6-11(16)7-5-10/h4-7,9,21H,8H2,1-3H3,(H2,17,18,19,20). The maximum atomic E-state index is 11.4. The quantitative estimate of drug-likeness (QED) is 0.541. The topological polar surface area (TPSA) is 105 Å². The number of hydrogen-bond donors (Lipinski definition) is 3. The van der Waals surface area contributed by atoms with Crippen molar-refractivity contribution in [3.05, 3.63) is 51.3 Å². The van der Waals surface area contributed by atoms with E-state index in [-0.39, 0.29) is 22.9 Å². The molecule has 128 valence electrons. The first-order chi connectivity index (χ1) is 11.3. The lowest BCUT2D eigenvalue weighted by atomic mass is 10.1. The molecule has 0 saturated carbocycles. The van der Waals surface area contributed by atoms with Gasteiger partial charge < -0.3 is 5.32 Å². The van der Waals surface area contributed by atoms with E-state index < -0.39 is 4.92 Å². The Morgan fingerprint density at radius 3 is 2.38 bits per heavy atom. The Kier molecular flexibility index (Phi) is 5.53. The molecule has 0 spiro atoms. The van der Waals surface area contributed by atoms with Crippen molar-refractivity contribution in [3.8, 4) is 0 Å². The van der Waals surface area contributed by atoms with Crippen molar-refractivity contribution in [2.24, 2.45) is 0 Å². The zero-order chi connectivity index (χ0) is 17.7. The average Bonchev–Trinajstić information content (AvgIpc) is 2.51. The van der Waals surface area contributed by atoms with E-state index in [9.17, 15) is 10.1 Å². The van der Waals surface area contributed by atoms with Crippen LogP contribution in [0.2, 0.25) is 5.02 Å². The lowest BCUT2D eigenvalue weighted by molar-refractivity contribution is -0.383. The second-order valence-corrected chi connectivity index (χ2v) is 6.59. The molecule has 2 rings (SSSR count). The Bertz CT molecular complexity index is 715. The number of anilines is 2. The maximum absolute atomic E-state index is 11.4. The van der Waals surface area contributed by atoms with Gasteiger partial charge in [-0.3, -0.25) is 15.5 Å². The van der Waals surface area contributed by atoms with Gasteiger partial charge in [-0.15, -0.1) is 0 Å². The van der Waals surface area contributed by atoms with Crippen LogP contribution in [0.15, 0.2) is 30.6 Å². The van der Waals surface area contributed by atoms with Crippen LogP contribution >= 0.6 is 11.6 Å². The fourth-order valence-corrected chi connectivity index (χ4v) is 1.93. The number of nitro groups is 1. The lowest BCUT2D eigenvalue weighted by Gasteiger charge is -2.21. The highest BCUT2D eigenvalue weighted by atomic mass is 35.5. The van der Waals surface area contributed by atoms with E-state index >= 15 is 0 Å². The van der Waals surface area contributed by atoms with E-state index in [0.717, 1.165) is 5.56 Å². The first-order valence-electron chi connectivity index (χ1n) is 7.27. The average molecular weight is 351 g/mol. The summed E-state index contributed by atoms with van der Waals surface area (Å²) in [5.41, 5.74) is 6.16. The van der Waals surface area contributed by atoms with Gasteiger partial charge >= 0.3 is 5.69 Å². The van der Waals surface area contributed by atoms with Crippen LogP contribution in [0.4, 0.5) is 17.3 Å². The fourth-order valence-electron chi connectivity index (χ4n) is 1.81. The third kappa shape index (κ3) is 5.04. The molecule has 0 aliphatic heterocycles. The molecule has 0 radical (unpaired) electrons. The highest BCUT2D eigenvalue weighted by Crippen LogP contribution is 2.29. The van der Waals surface area contributed by atoms with Crippen molar-refractivity contribution >= 4 is 28.9 Å². The van der Waals surface area contributed by atoms with Gasteiger partial charge in [0.1, 0.15) is 6.33 Å².